The highest BCUT2D eigenvalue weighted by atomic mass is 19.1. The number of hydrogen-bond acceptors (Lipinski definition) is 2. The zero-order valence-corrected chi connectivity index (χ0v) is 9.06. The standard InChI is InChI=1S/C11H16F2N2/c1-14-6-7-15(2)8-9-10(12)4-3-5-11(9)13/h3-5,14H,6-8H2,1-2H3. The molecule has 1 N–H and O–H groups in total. The van der Waals surface area contributed by atoms with E-state index in [-0.39, 0.29) is 5.56 Å². The quantitative estimate of drug-likeness (QED) is 0.801. The molecule has 0 bridgehead atoms. The summed E-state index contributed by atoms with van der Waals surface area (Å²) >= 11 is 0. The molecule has 2 nitrogen and oxygen atoms in total. The van der Waals surface area contributed by atoms with Gasteiger partial charge in [-0.15, -0.1) is 0 Å². The van der Waals surface area contributed by atoms with Crippen LogP contribution in [-0.4, -0.2) is 32.1 Å². The summed E-state index contributed by atoms with van der Waals surface area (Å²) in [4.78, 5) is 1.87. The molecule has 0 radical (unpaired) electrons. The normalized spacial score (nSPS) is 11.0. The second-order valence-corrected chi connectivity index (χ2v) is 3.54. The molecule has 0 unspecified atom stereocenters. The molecule has 0 saturated carbocycles. The van der Waals surface area contributed by atoms with Crippen molar-refractivity contribution in [2.24, 2.45) is 0 Å². The van der Waals surface area contributed by atoms with E-state index < -0.39 is 11.6 Å². The molecule has 84 valence electrons. The lowest BCUT2D eigenvalue weighted by Gasteiger charge is -2.17. The van der Waals surface area contributed by atoms with Gasteiger partial charge in [-0.05, 0) is 26.2 Å². The number of rotatable bonds is 5. The average molecular weight is 214 g/mol. The first kappa shape index (κ1) is 12.1. The molecule has 1 aromatic carbocycles. The summed E-state index contributed by atoms with van der Waals surface area (Å²) < 4.78 is 26.5. The number of halogens is 2. The van der Waals surface area contributed by atoms with Crippen molar-refractivity contribution >= 4 is 0 Å². The lowest BCUT2D eigenvalue weighted by atomic mass is 10.2. The summed E-state index contributed by atoms with van der Waals surface area (Å²) in [6.45, 7) is 1.84. The molecule has 0 saturated heterocycles. The second kappa shape index (κ2) is 5.78. The van der Waals surface area contributed by atoms with Crippen molar-refractivity contribution < 1.29 is 8.78 Å². The Labute approximate surface area is 88.9 Å². The summed E-state index contributed by atoms with van der Waals surface area (Å²) in [5.41, 5.74) is 0.135. The van der Waals surface area contributed by atoms with Crippen LogP contribution < -0.4 is 5.32 Å². The van der Waals surface area contributed by atoms with Crippen molar-refractivity contribution in [3.05, 3.63) is 35.4 Å². The fourth-order valence-electron chi connectivity index (χ4n) is 1.34. The first-order valence-electron chi connectivity index (χ1n) is 4.91. The third-order valence-corrected chi connectivity index (χ3v) is 2.23. The Morgan fingerprint density at radius 3 is 2.40 bits per heavy atom. The van der Waals surface area contributed by atoms with Crippen molar-refractivity contribution in [2.45, 2.75) is 6.54 Å². The van der Waals surface area contributed by atoms with E-state index in [1.807, 2.05) is 19.0 Å². The van der Waals surface area contributed by atoms with Gasteiger partial charge in [-0.25, -0.2) is 8.78 Å². The molecule has 0 spiro atoms. The zero-order chi connectivity index (χ0) is 11.3. The van der Waals surface area contributed by atoms with E-state index in [4.69, 9.17) is 0 Å². The Morgan fingerprint density at radius 1 is 1.27 bits per heavy atom. The fourth-order valence-corrected chi connectivity index (χ4v) is 1.34. The third-order valence-electron chi connectivity index (χ3n) is 2.23. The molecule has 0 atom stereocenters. The van der Waals surface area contributed by atoms with Crippen LogP contribution in [0.4, 0.5) is 8.78 Å². The maximum atomic E-state index is 13.3. The predicted octanol–water partition coefficient (Wildman–Crippen LogP) is 1.62. The van der Waals surface area contributed by atoms with E-state index in [0.717, 1.165) is 13.1 Å². The smallest absolute Gasteiger partial charge is 0.130 e. The van der Waals surface area contributed by atoms with Gasteiger partial charge < -0.3 is 10.2 Å². The third kappa shape index (κ3) is 3.57. The number of nitrogens with zero attached hydrogens (tertiary/aromatic N) is 1. The summed E-state index contributed by atoms with van der Waals surface area (Å²) in [5, 5.41) is 2.98. The van der Waals surface area contributed by atoms with Gasteiger partial charge in [-0.1, -0.05) is 6.07 Å². The van der Waals surface area contributed by atoms with Gasteiger partial charge in [0.15, 0.2) is 0 Å². The van der Waals surface area contributed by atoms with Crippen molar-refractivity contribution in [3.8, 4) is 0 Å². The van der Waals surface area contributed by atoms with Gasteiger partial charge >= 0.3 is 0 Å². The number of nitrogens with one attached hydrogen (secondary N) is 1. The predicted molar refractivity (Wildman–Crippen MR) is 56.6 cm³/mol. The number of hydrogen-bond donors (Lipinski definition) is 1. The zero-order valence-electron chi connectivity index (χ0n) is 9.06. The van der Waals surface area contributed by atoms with Crippen LogP contribution in [0.25, 0.3) is 0 Å². The van der Waals surface area contributed by atoms with E-state index >= 15 is 0 Å². The van der Waals surface area contributed by atoms with Crippen LogP contribution in [0.5, 0.6) is 0 Å². The van der Waals surface area contributed by atoms with Crippen LogP contribution in [0.15, 0.2) is 18.2 Å². The van der Waals surface area contributed by atoms with Crippen LogP contribution in [0.3, 0.4) is 0 Å². The minimum absolute atomic E-state index is 0.135. The highest BCUT2D eigenvalue weighted by Crippen LogP contribution is 2.13. The van der Waals surface area contributed by atoms with E-state index in [0.29, 0.717) is 6.54 Å². The van der Waals surface area contributed by atoms with Gasteiger partial charge in [-0.3, -0.25) is 0 Å². The van der Waals surface area contributed by atoms with Gasteiger partial charge in [0.05, 0.1) is 0 Å². The molecular weight excluding hydrogens is 198 g/mol. The molecule has 0 aliphatic heterocycles. The first-order valence-corrected chi connectivity index (χ1v) is 4.91. The second-order valence-electron chi connectivity index (χ2n) is 3.54. The minimum atomic E-state index is -0.480. The molecule has 1 rings (SSSR count). The fraction of sp³-hybridized carbons (Fsp3) is 0.455. The van der Waals surface area contributed by atoms with Gasteiger partial charge in [0.2, 0.25) is 0 Å². The summed E-state index contributed by atoms with van der Waals surface area (Å²) in [6.07, 6.45) is 0. The molecule has 4 heteroatoms. The molecule has 0 amide bonds. The maximum absolute atomic E-state index is 13.3. The highest BCUT2D eigenvalue weighted by Gasteiger charge is 2.10. The molecule has 0 aromatic heterocycles. The Kier molecular flexibility index (Phi) is 4.65. The van der Waals surface area contributed by atoms with Gasteiger partial charge in [-0.2, -0.15) is 0 Å². The largest absolute Gasteiger partial charge is 0.318 e. The van der Waals surface area contributed by atoms with Crippen molar-refractivity contribution in [2.75, 3.05) is 27.2 Å². The first-order chi connectivity index (χ1) is 7.15. The molecule has 0 aliphatic carbocycles. The molecule has 0 heterocycles. The van der Waals surface area contributed by atoms with Gasteiger partial charge in [0, 0.05) is 25.2 Å². The summed E-state index contributed by atoms with van der Waals surface area (Å²) in [7, 11) is 3.68. The Balaban J connectivity index is 2.63. The number of likely N-dealkylation sites (N-methyl/N-ethyl adjacent to an activating group) is 2. The van der Waals surface area contributed by atoms with Crippen LogP contribution in [-0.2, 0) is 6.54 Å². The maximum Gasteiger partial charge on any atom is 0.130 e. The van der Waals surface area contributed by atoms with Crippen LogP contribution >= 0.6 is 0 Å². The van der Waals surface area contributed by atoms with E-state index in [9.17, 15) is 8.78 Å². The lowest BCUT2D eigenvalue weighted by molar-refractivity contribution is 0.316. The SMILES string of the molecule is CNCCN(C)Cc1c(F)cccc1F. The summed E-state index contributed by atoms with van der Waals surface area (Å²) in [6, 6.07) is 3.94. The molecule has 15 heavy (non-hydrogen) atoms. The Morgan fingerprint density at radius 2 is 1.87 bits per heavy atom. The molecule has 0 aliphatic rings. The van der Waals surface area contributed by atoms with Gasteiger partial charge in [0.1, 0.15) is 11.6 Å². The Hall–Kier alpha value is -1.00. The number of benzene rings is 1. The van der Waals surface area contributed by atoms with Crippen molar-refractivity contribution in [3.63, 3.8) is 0 Å². The lowest BCUT2D eigenvalue weighted by Crippen LogP contribution is -2.27. The molecule has 1 aromatic rings. The van der Waals surface area contributed by atoms with Crippen LogP contribution in [0.1, 0.15) is 5.56 Å². The average Bonchev–Trinajstić information content (AvgIpc) is 2.21. The van der Waals surface area contributed by atoms with Crippen molar-refractivity contribution in [1.82, 2.24) is 10.2 Å². The van der Waals surface area contributed by atoms with Crippen molar-refractivity contribution in [1.29, 1.82) is 0 Å². The monoisotopic (exact) mass is 214 g/mol. The van der Waals surface area contributed by atoms with Crippen LogP contribution in [0, 0.1) is 11.6 Å². The summed E-state index contributed by atoms with van der Waals surface area (Å²) in [5.74, 6) is -0.961. The van der Waals surface area contributed by atoms with E-state index in [1.165, 1.54) is 18.2 Å². The van der Waals surface area contributed by atoms with E-state index in [2.05, 4.69) is 5.32 Å². The topological polar surface area (TPSA) is 15.3 Å². The van der Waals surface area contributed by atoms with Gasteiger partial charge in [0.25, 0.3) is 0 Å². The molecular formula is C11H16F2N2. The van der Waals surface area contributed by atoms with E-state index in [1.54, 1.807) is 0 Å². The Bertz CT molecular complexity index is 295. The molecule has 0 fully saturated rings. The highest BCUT2D eigenvalue weighted by molar-refractivity contribution is 5.19. The van der Waals surface area contributed by atoms with Crippen LogP contribution in [0.2, 0.25) is 0 Å². The minimum Gasteiger partial charge on any atom is -0.318 e.